The van der Waals surface area contributed by atoms with Gasteiger partial charge in [-0.25, -0.2) is 0 Å². The number of aliphatic hydroxyl groups excluding tert-OH is 1. The summed E-state index contributed by atoms with van der Waals surface area (Å²) >= 11 is 0. The SMILES string of the molecule is O=C(C1CC=CC1)N1CC[C@@H](O)C1. The molecule has 0 spiro atoms. The first kappa shape index (κ1) is 8.75. The van der Waals surface area contributed by atoms with E-state index in [0.29, 0.717) is 6.54 Å². The fourth-order valence-corrected chi connectivity index (χ4v) is 2.02. The minimum absolute atomic E-state index is 0.158. The molecule has 0 aromatic heterocycles. The molecule has 2 rings (SSSR count). The molecule has 0 unspecified atom stereocenters. The number of carbonyl (C=O) groups excluding carboxylic acids is 1. The van der Waals surface area contributed by atoms with Crippen LogP contribution < -0.4 is 0 Å². The van der Waals surface area contributed by atoms with Gasteiger partial charge in [-0.3, -0.25) is 4.79 Å². The van der Waals surface area contributed by atoms with Crippen molar-refractivity contribution in [2.24, 2.45) is 5.92 Å². The van der Waals surface area contributed by atoms with Gasteiger partial charge in [0.2, 0.25) is 5.91 Å². The van der Waals surface area contributed by atoms with Gasteiger partial charge in [0.15, 0.2) is 0 Å². The third-order valence-corrected chi connectivity index (χ3v) is 2.83. The largest absolute Gasteiger partial charge is 0.391 e. The van der Waals surface area contributed by atoms with E-state index in [-0.39, 0.29) is 17.9 Å². The highest BCUT2D eigenvalue weighted by Crippen LogP contribution is 2.22. The summed E-state index contributed by atoms with van der Waals surface area (Å²) in [4.78, 5) is 13.6. The Morgan fingerprint density at radius 1 is 1.38 bits per heavy atom. The van der Waals surface area contributed by atoms with E-state index in [1.54, 1.807) is 4.90 Å². The quantitative estimate of drug-likeness (QED) is 0.600. The van der Waals surface area contributed by atoms with Gasteiger partial charge < -0.3 is 10.0 Å². The van der Waals surface area contributed by atoms with Gasteiger partial charge in [-0.15, -0.1) is 0 Å². The maximum Gasteiger partial charge on any atom is 0.226 e. The third kappa shape index (κ3) is 1.75. The number of aliphatic hydroxyl groups is 1. The van der Waals surface area contributed by atoms with Crippen molar-refractivity contribution in [1.82, 2.24) is 4.90 Å². The monoisotopic (exact) mass is 181 g/mol. The average Bonchev–Trinajstić information content (AvgIpc) is 2.72. The molecule has 1 amide bonds. The van der Waals surface area contributed by atoms with Crippen LogP contribution >= 0.6 is 0 Å². The molecule has 3 heteroatoms. The van der Waals surface area contributed by atoms with Gasteiger partial charge in [-0.1, -0.05) is 12.2 Å². The minimum Gasteiger partial charge on any atom is -0.391 e. The molecule has 0 saturated carbocycles. The van der Waals surface area contributed by atoms with Crippen molar-refractivity contribution < 1.29 is 9.90 Å². The molecule has 0 bridgehead atoms. The van der Waals surface area contributed by atoms with Crippen molar-refractivity contribution >= 4 is 5.91 Å². The number of amides is 1. The van der Waals surface area contributed by atoms with E-state index in [1.165, 1.54) is 0 Å². The van der Waals surface area contributed by atoms with Crippen molar-refractivity contribution in [2.45, 2.75) is 25.4 Å². The normalized spacial score (nSPS) is 28.7. The van der Waals surface area contributed by atoms with Gasteiger partial charge in [0.25, 0.3) is 0 Å². The Balaban J connectivity index is 1.90. The zero-order valence-corrected chi connectivity index (χ0v) is 7.65. The zero-order valence-electron chi connectivity index (χ0n) is 7.65. The smallest absolute Gasteiger partial charge is 0.226 e. The van der Waals surface area contributed by atoms with Gasteiger partial charge >= 0.3 is 0 Å². The average molecular weight is 181 g/mol. The van der Waals surface area contributed by atoms with E-state index in [9.17, 15) is 9.90 Å². The highest BCUT2D eigenvalue weighted by Gasteiger charge is 2.29. The van der Waals surface area contributed by atoms with Gasteiger partial charge in [0.05, 0.1) is 6.10 Å². The minimum atomic E-state index is -0.293. The van der Waals surface area contributed by atoms with Crippen molar-refractivity contribution in [3.63, 3.8) is 0 Å². The third-order valence-electron chi connectivity index (χ3n) is 2.83. The predicted octanol–water partition coefficient (Wildman–Crippen LogP) is 0.546. The van der Waals surface area contributed by atoms with Crippen LogP contribution in [0, 0.1) is 5.92 Å². The maximum atomic E-state index is 11.8. The Morgan fingerprint density at radius 2 is 2.08 bits per heavy atom. The molecule has 1 aliphatic carbocycles. The maximum absolute atomic E-state index is 11.8. The first-order valence-electron chi connectivity index (χ1n) is 4.89. The number of rotatable bonds is 1. The summed E-state index contributed by atoms with van der Waals surface area (Å²) in [5.41, 5.74) is 0. The Kier molecular flexibility index (Phi) is 2.36. The fraction of sp³-hybridized carbons (Fsp3) is 0.700. The Labute approximate surface area is 78.0 Å². The lowest BCUT2D eigenvalue weighted by atomic mass is 10.1. The molecule has 0 aromatic carbocycles. The van der Waals surface area contributed by atoms with Crippen LogP contribution in [0.5, 0.6) is 0 Å². The molecule has 1 N–H and O–H groups in total. The second kappa shape index (κ2) is 3.50. The molecule has 1 heterocycles. The molecule has 13 heavy (non-hydrogen) atoms. The lowest BCUT2D eigenvalue weighted by Gasteiger charge is -2.19. The first-order valence-corrected chi connectivity index (χ1v) is 4.89. The lowest BCUT2D eigenvalue weighted by molar-refractivity contribution is -0.134. The number of carbonyl (C=O) groups is 1. The molecule has 0 aromatic rings. The molecule has 1 saturated heterocycles. The van der Waals surface area contributed by atoms with Gasteiger partial charge in [0, 0.05) is 19.0 Å². The molecule has 3 nitrogen and oxygen atoms in total. The highest BCUT2D eigenvalue weighted by atomic mass is 16.3. The number of β-amino-alcohol motifs (C(OH)–C–C–N with tert-alkyl or cyclic N) is 1. The highest BCUT2D eigenvalue weighted by molar-refractivity contribution is 5.80. The first-order chi connectivity index (χ1) is 6.27. The standard InChI is InChI=1S/C10H15NO2/c12-9-5-6-11(7-9)10(13)8-3-1-2-4-8/h1-2,8-9,12H,3-7H2/t9-/m1/s1. The van der Waals surface area contributed by atoms with Gasteiger partial charge in [-0.05, 0) is 19.3 Å². The summed E-state index contributed by atoms with van der Waals surface area (Å²) in [7, 11) is 0. The van der Waals surface area contributed by atoms with Crippen LogP contribution in [0.15, 0.2) is 12.2 Å². The van der Waals surface area contributed by atoms with Crippen molar-refractivity contribution in [2.75, 3.05) is 13.1 Å². The number of nitrogens with zero attached hydrogens (tertiary/aromatic N) is 1. The van der Waals surface area contributed by atoms with Crippen molar-refractivity contribution in [3.8, 4) is 0 Å². The van der Waals surface area contributed by atoms with E-state index in [2.05, 4.69) is 12.2 Å². The van der Waals surface area contributed by atoms with E-state index >= 15 is 0 Å². The Morgan fingerprint density at radius 3 is 2.62 bits per heavy atom. The lowest BCUT2D eigenvalue weighted by Crippen LogP contribution is -2.34. The van der Waals surface area contributed by atoms with Crippen LogP contribution in [0.1, 0.15) is 19.3 Å². The van der Waals surface area contributed by atoms with E-state index in [1.807, 2.05) is 0 Å². The van der Waals surface area contributed by atoms with E-state index in [0.717, 1.165) is 25.8 Å². The second-order valence-corrected chi connectivity index (χ2v) is 3.87. The number of hydrogen-bond acceptors (Lipinski definition) is 2. The van der Waals surface area contributed by atoms with Crippen LogP contribution in [0.2, 0.25) is 0 Å². The number of likely N-dealkylation sites (tertiary alicyclic amines) is 1. The summed E-state index contributed by atoms with van der Waals surface area (Å²) in [6.07, 6.45) is 6.34. The Bertz CT molecular complexity index is 229. The molecular formula is C10H15NO2. The number of allylic oxidation sites excluding steroid dienone is 2. The molecule has 0 radical (unpaired) electrons. The molecule has 2 aliphatic rings. The molecule has 1 atom stereocenters. The second-order valence-electron chi connectivity index (χ2n) is 3.87. The van der Waals surface area contributed by atoms with Crippen LogP contribution in [0.25, 0.3) is 0 Å². The summed E-state index contributed by atoms with van der Waals surface area (Å²) in [6, 6.07) is 0. The summed E-state index contributed by atoms with van der Waals surface area (Å²) in [6.45, 7) is 1.27. The zero-order chi connectivity index (χ0) is 9.26. The van der Waals surface area contributed by atoms with Crippen LogP contribution in [0.3, 0.4) is 0 Å². The van der Waals surface area contributed by atoms with Gasteiger partial charge in [0.1, 0.15) is 0 Å². The number of hydrogen-bond donors (Lipinski definition) is 1. The Hall–Kier alpha value is -0.830. The van der Waals surface area contributed by atoms with E-state index < -0.39 is 0 Å². The van der Waals surface area contributed by atoms with Crippen molar-refractivity contribution in [1.29, 1.82) is 0 Å². The molecule has 1 fully saturated rings. The molecular weight excluding hydrogens is 166 g/mol. The summed E-state index contributed by atoms with van der Waals surface area (Å²) in [5, 5.41) is 9.28. The van der Waals surface area contributed by atoms with E-state index in [4.69, 9.17) is 0 Å². The fourth-order valence-electron chi connectivity index (χ4n) is 2.02. The van der Waals surface area contributed by atoms with Crippen LogP contribution in [0.4, 0.5) is 0 Å². The summed E-state index contributed by atoms with van der Waals surface area (Å²) in [5.74, 6) is 0.381. The predicted molar refractivity (Wildman–Crippen MR) is 49.1 cm³/mol. The van der Waals surface area contributed by atoms with Crippen LogP contribution in [-0.2, 0) is 4.79 Å². The van der Waals surface area contributed by atoms with Crippen molar-refractivity contribution in [3.05, 3.63) is 12.2 Å². The summed E-state index contributed by atoms with van der Waals surface area (Å²) < 4.78 is 0. The molecule has 72 valence electrons. The molecule has 1 aliphatic heterocycles. The topological polar surface area (TPSA) is 40.5 Å². The van der Waals surface area contributed by atoms with Crippen LogP contribution in [-0.4, -0.2) is 35.1 Å². The van der Waals surface area contributed by atoms with Gasteiger partial charge in [-0.2, -0.15) is 0 Å².